The molecule has 4 aromatic rings. The van der Waals surface area contributed by atoms with Gasteiger partial charge in [0.25, 0.3) is 0 Å². The number of carboxylic acid groups (broad SMARTS) is 1. The van der Waals surface area contributed by atoms with Crippen LogP contribution >= 0.6 is 0 Å². The van der Waals surface area contributed by atoms with E-state index < -0.39 is 11.9 Å². The number of piperidine rings is 2. The van der Waals surface area contributed by atoms with Gasteiger partial charge in [-0.15, -0.1) is 0 Å². The molecule has 0 saturated carbocycles. The third-order valence-corrected chi connectivity index (χ3v) is 14.3. The first-order chi connectivity index (χ1) is 25.0. The Morgan fingerprint density at radius 1 is 0.923 bits per heavy atom. The number of carbonyl (C=O) groups excluding carboxylic acids is 1. The summed E-state index contributed by atoms with van der Waals surface area (Å²) in [6.07, 6.45) is 5.16. The summed E-state index contributed by atoms with van der Waals surface area (Å²) >= 11 is 0. The van der Waals surface area contributed by atoms with Crippen molar-refractivity contribution in [1.29, 1.82) is 0 Å². The third kappa shape index (κ3) is 4.66. The molecule has 5 aliphatic heterocycles. The number of nitrogens with zero attached hydrogens (tertiary/aromatic N) is 4. The number of aliphatic hydroxyl groups is 1. The molecule has 274 valence electrons. The van der Waals surface area contributed by atoms with Crippen LogP contribution in [0.2, 0.25) is 0 Å². The fourth-order valence-electron chi connectivity index (χ4n) is 11.8. The van der Waals surface area contributed by atoms with Crippen molar-refractivity contribution in [1.82, 2.24) is 18.9 Å². The molecule has 10 nitrogen and oxygen atoms in total. The number of allylic oxidation sites excluding steroid dienone is 1. The highest BCUT2D eigenvalue weighted by Gasteiger charge is 2.52. The normalized spacial score (nSPS) is 30.2. The number of fused-ring (bicyclic) bond motifs is 14. The van der Waals surface area contributed by atoms with Gasteiger partial charge in [0, 0.05) is 83.9 Å². The third-order valence-electron chi connectivity index (χ3n) is 14.3. The Morgan fingerprint density at radius 2 is 1.60 bits per heavy atom. The molecule has 5 aliphatic rings. The van der Waals surface area contributed by atoms with Crippen LogP contribution in [0.1, 0.15) is 59.9 Å². The van der Waals surface area contributed by atoms with Gasteiger partial charge in [-0.25, -0.2) is 0 Å². The van der Waals surface area contributed by atoms with E-state index in [1.54, 1.807) is 20.3 Å². The van der Waals surface area contributed by atoms with Gasteiger partial charge in [0.05, 0.1) is 43.5 Å². The SMILES string of the molecule is COc1cc2c(cc1CC(C(=O)O)C1C[C@H]3c4c(c5ccccc5n4C)C[C@@H](C1CO)N3C)c1c(n2C)[C@@H]2CC3C(C(C)=O)=COCC3[C@H](C1)N2C. The molecule has 2 fully saturated rings. The monoisotopic (exact) mass is 706 g/mol. The summed E-state index contributed by atoms with van der Waals surface area (Å²) in [4.78, 5) is 30.9. The average Bonchev–Trinajstić information content (AvgIpc) is 3.55. The van der Waals surface area contributed by atoms with Gasteiger partial charge in [-0.05, 0) is 93.8 Å². The molecule has 0 radical (unpaired) electrons. The average molecular weight is 707 g/mol. The zero-order chi connectivity index (χ0) is 36.3. The zero-order valence-corrected chi connectivity index (χ0v) is 31.0. The lowest BCUT2D eigenvalue weighted by Crippen LogP contribution is -2.56. The number of Topliss-reactive ketones (excluding diaryl/α,β-unsaturated/α-hetero) is 1. The van der Waals surface area contributed by atoms with Gasteiger partial charge in [0.15, 0.2) is 5.78 Å². The number of rotatable bonds is 7. The van der Waals surface area contributed by atoms with Crippen molar-refractivity contribution < 1.29 is 29.3 Å². The summed E-state index contributed by atoms with van der Waals surface area (Å²) in [5.41, 5.74) is 9.16. The fraction of sp³-hybridized carbons (Fsp3) is 0.524. The van der Waals surface area contributed by atoms with Gasteiger partial charge >= 0.3 is 5.97 Å². The lowest BCUT2D eigenvalue weighted by atomic mass is 9.65. The Kier molecular flexibility index (Phi) is 7.92. The summed E-state index contributed by atoms with van der Waals surface area (Å²) in [7, 11) is 10.3. The van der Waals surface area contributed by atoms with Gasteiger partial charge in [0.2, 0.25) is 0 Å². The number of carbonyl (C=O) groups is 2. The molecule has 7 heterocycles. The number of aliphatic hydroxyl groups excluding tert-OH is 1. The first-order valence-electron chi connectivity index (χ1n) is 18.9. The van der Waals surface area contributed by atoms with Crippen molar-refractivity contribution in [3.63, 3.8) is 0 Å². The second-order valence-electron chi connectivity index (χ2n) is 16.3. The van der Waals surface area contributed by atoms with Crippen LogP contribution in [0.3, 0.4) is 0 Å². The van der Waals surface area contributed by atoms with E-state index in [1.807, 2.05) is 0 Å². The summed E-state index contributed by atoms with van der Waals surface area (Å²) in [5.74, 6) is -0.733. The van der Waals surface area contributed by atoms with Crippen LogP contribution in [0.15, 0.2) is 48.2 Å². The lowest BCUT2D eigenvalue weighted by Gasteiger charge is -2.53. The quantitative estimate of drug-likeness (QED) is 0.271. The molecule has 52 heavy (non-hydrogen) atoms. The topological polar surface area (TPSA) is 109 Å². The molecule has 5 unspecified atom stereocenters. The molecule has 9 atom stereocenters. The maximum atomic E-state index is 13.4. The second kappa shape index (κ2) is 12.2. The lowest BCUT2D eigenvalue weighted by molar-refractivity contribution is -0.148. The van der Waals surface area contributed by atoms with Gasteiger partial charge in [-0.1, -0.05) is 18.2 Å². The van der Waals surface area contributed by atoms with Crippen molar-refractivity contribution in [3.8, 4) is 5.75 Å². The molecule has 0 amide bonds. The number of ether oxygens (including phenoxy) is 2. The highest BCUT2D eigenvalue weighted by Crippen LogP contribution is 2.53. The van der Waals surface area contributed by atoms with Crippen LogP contribution in [0.4, 0.5) is 0 Å². The van der Waals surface area contributed by atoms with Gasteiger partial charge in [0.1, 0.15) is 5.75 Å². The zero-order valence-electron chi connectivity index (χ0n) is 31.0. The van der Waals surface area contributed by atoms with Crippen LogP contribution < -0.4 is 4.74 Å². The minimum Gasteiger partial charge on any atom is -0.500 e. The van der Waals surface area contributed by atoms with Crippen molar-refractivity contribution in [2.24, 2.45) is 43.7 Å². The van der Waals surface area contributed by atoms with Crippen molar-refractivity contribution in [2.45, 2.75) is 63.2 Å². The molecule has 2 saturated heterocycles. The van der Waals surface area contributed by atoms with Gasteiger partial charge < -0.3 is 28.8 Å². The Hall–Kier alpha value is -4.12. The minimum absolute atomic E-state index is 0.0433. The Bertz CT molecular complexity index is 2160. The summed E-state index contributed by atoms with van der Waals surface area (Å²) in [6, 6.07) is 13.3. The molecule has 9 rings (SSSR count). The number of benzene rings is 2. The predicted octanol–water partition coefficient (Wildman–Crippen LogP) is 5.18. The van der Waals surface area contributed by atoms with E-state index in [4.69, 9.17) is 9.47 Å². The fourth-order valence-corrected chi connectivity index (χ4v) is 11.8. The maximum absolute atomic E-state index is 13.4. The van der Waals surface area contributed by atoms with Crippen molar-refractivity contribution in [3.05, 3.63) is 76.3 Å². The van der Waals surface area contributed by atoms with Crippen LogP contribution in [0, 0.1) is 29.6 Å². The molecular weight excluding hydrogens is 656 g/mol. The number of ketones is 1. The first kappa shape index (κ1) is 33.7. The highest BCUT2D eigenvalue weighted by molar-refractivity contribution is 5.94. The van der Waals surface area contributed by atoms with E-state index in [1.165, 1.54) is 33.4 Å². The van der Waals surface area contributed by atoms with E-state index in [2.05, 4.69) is 83.5 Å². The van der Waals surface area contributed by atoms with Gasteiger partial charge in [-0.2, -0.15) is 0 Å². The molecule has 0 aliphatic carbocycles. The molecular formula is C42H50N4O6. The molecule has 10 heteroatoms. The number of hydrogen-bond donors (Lipinski definition) is 2. The van der Waals surface area contributed by atoms with E-state index in [0.29, 0.717) is 25.2 Å². The standard InChI is InChI=1S/C42H50N4O6/c1-21(48)31-19-52-20-32-25(31)14-38-41-28(16-35(32)44(38)3)26-11-22(39(51-6)17-36(26)46(41)5)12-29(42(49)50)24-13-37-40-27(15-34(43(37)2)30(24)18-47)23-9-7-8-10-33(23)45(40)4/h7-11,17,19,24-25,29-30,32,34-35,37-38,47H,12-16,18,20H2,1-6H3,(H,49,50)/t24?,25?,29?,30?,32?,34-,35-,37-,38-/m0/s1. The molecule has 2 N–H and O–H groups in total. The molecule has 0 spiro atoms. The largest absolute Gasteiger partial charge is 0.500 e. The molecule has 2 aromatic heterocycles. The van der Waals surface area contributed by atoms with Gasteiger partial charge in [-0.3, -0.25) is 19.4 Å². The van der Waals surface area contributed by atoms with E-state index in [9.17, 15) is 19.8 Å². The van der Waals surface area contributed by atoms with Crippen LogP contribution in [-0.4, -0.2) is 87.4 Å². The number of hydrogen-bond acceptors (Lipinski definition) is 7. The molecule has 2 aromatic carbocycles. The first-order valence-corrected chi connectivity index (χ1v) is 18.9. The smallest absolute Gasteiger partial charge is 0.307 e. The summed E-state index contributed by atoms with van der Waals surface area (Å²) in [5, 5.41) is 24.4. The summed E-state index contributed by atoms with van der Waals surface area (Å²) < 4.78 is 16.5. The van der Waals surface area contributed by atoms with E-state index in [0.717, 1.165) is 41.3 Å². The number of carboxylic acids is 1. The molecule has 4 bridgehead atoms. The highest BCUT2D eigenvalue weighted by atomic mass is 16.5. The van der Waals surface area contributed by atoms with Crippen molar-refractivity contribution in [2.75, 3.05) is 34.4 Å². The van der Waals surface area contributed by atoms with Crippen LogP contribution in [0.5, 0.6) is 5.75 Å². The second-order valence-corrected chi connectivity index (χ2v) is 16.3. The Labute approximate surface area is 304 Å². The number of likely N-dealkylation sites (N-methyl/N-ethyl adjacent to an activating group) is 2. The van der Waals surface area contributed by atoms with Crippen LogP contribution in [0.25, 0.3) is 21.8 Å². The van der Waals surface area contributed by atoms with E-state index >= 15 is 0 Å². The Balaban J connectivity index is 1.10. The number of para-hydroxylation sites is 1. The maximum Gasteiger partial charge on any atom is 0.307 e. The number of aliphatic carboxylic acids is 1. The Morgan fingerprint density at radius 3 is 2.31 bits per heavy atom. The van der Waals surface area contributed by atoms with Crippen LogP contribution in [-0.2, 0) is 47.7 Å². The number of aryl methyl sites for hydroxylation is 2. The minimum atomic E-state index is -0.825. The summed E-state index contributed by atoms with van der Waals surface area (Å²) in [6.45, 7) is 2.20. The number of methoxy groups -OCH3 is 1. The number of aromatic nitrogens is 2. The van der Waals surface area contributed by atoms with E-state index in [-0.39, 0.29) is 60.2 Å². The predicted molar refractivity (Wildman–Crippen MR) is 198 cm³/mol. The van der Waals surface area contributed by atoms with Crippen molar-refractivity contribution >= 4 is 33.6 Å².